The van der Waals surface area contributed by atoms with Crippen molar-refractivity contribution >= 4 is 27.3 Å². The molecule has 1 aromatic rings. The molecule has 0 saturated carbocycles. The first-order valence-corrected chi connectivity index (χ1v) is 7.84. The molecule has 0 bridgehead atoms. The maximum Gasteiger partial charge on any atom is 0.289 e. The van der Waals surface area contributed by atoms with E-state index in [0.717, 1.165) is 10.4 Å². The number of hydrogen-bond acceptors (Lipinski definition) is 6. The van der Waals surface area contributed by atoms with Crippen molar-refractivity contribution in [3.8, 4) is 0 Å². The van der Waals surface area contributed by atoms with Gasteiger partial charge in [0.05, 0.1) is 35.7 Å². The third-order valence-corrected chi connectivity index (χ3v) is 5.37. The van der Waals surface area contributed by atoms with Gasteiger partial charge in [-0.25, -0.2) is 8.42 Å². The lowest BCUT2D eigenvalue weighted by atomic mass is 10.3. The maximum absolute atomic E-state index is 12.5. The van der Waals surface area contributed by atoms with Crippen molar-refractivity contribution in [2.75, 3.05) is 26.4 Å². The summed E-state index contributed by atoms with van der Waals surface area (Å²) >= 11 is 5.67. The van der Waals surface area contributed by atoms with Gasteiger partial charge in [0, 0.05) is 12.6 Å². The molecule has 0 spiro atoms. The van der Waals surface area contributed by atoms with Gasteiger partial charge in [0.2, 0.25) is 10.0 Å². The summed E-state index contributed by atoms with van der Waals surface area (Å²) in [7, 11) is -3.97. The number of nitrogens with zero attached hydrogens (tertiary/aromatic N) is 2. The lowest BCUT2D eigenvalue weighted by molar-refractivity contribution is -0.384. The van der Waals surface area contributed by atoms with Gasteiger partial charge in [-0.1, -0.05) is 11.6 Å². The lowest BCUT2D eigenvalue weighted by Gasteiger charge is -2.33. The van der Waals surface area contributed by atoms with Crippen LogP contribution >= 0.6 is 11.6 Å². The van der Waals surface area contributed by atoms with E-state index < -0.39 is 33.3 Å². The van der Waals surface area contributed by atoms with Gasteiger partial charge in [-0.3, -0.25) is 10.1 Å². The first kappa shape index (κ1) is 16.1. The van der Waals surface area contributed by atoms with E-state index in [4.69, 9.17) is 16.3 Å². The maximum atomic E-state index is 12.5. The summed E-state index contributed by atoms with van der Waals surface area (Å²) < 4.78 is 31.3. The Bertz CT molecular complexity index is 650. The smallest absolute Gasteiger partial charge is 0.289 e. The minimum atomic E-state index is -3.97. The molecule has 0 aliphatic carbocycles. The number of benzene rings is 1. The summed E-state index contributed by atoms with van der Waals surface area (Å²) in [5.74, 6) is 0. The minimum absolute atomic E-state index is 0.0734. The highest BCUT2D eigenvalue weighted by molar-refractivity contribution is 7.89. The second kappa shape index (κ2) is 6.24. The zero-order valence-electron chi connectivity index (χ0n) is 10.8. The average Bonchev–Trinajstić information content (AvgIpc) is 2.47. The van der Waals surface area contributed by atoms with E-state index >= 15 is 0 Å². The number of nitro benzene ring substituents is 1. The molecule has 1 aliphatic heterocycles. The summed E-state index contributed by atoms with van der Waals surface area (Å²) in [6.45, 7) is -0.0459. The zero-order chi connectivity index (χ0) is 15.6. The molecule has 2 rings (SSSR count). The summed E-state index contributed by atoms with van der Waals surface area (Å²) in [5, 5.41) is 20.0. The van der Waals surface area contributed by atoms with Crippen molar-refractivity contribution in [1.82, 2.24) is 4.31 Å². The molecule has 1 aromatic carbocycles. The predicted octanol–water partition coefficient (Wildman–Crippen LogP) is 0.630. The number of hydrogen-bond donors (Lipinski definition) is 1. The third kappa shape index (κ3) is 3.16. The van der Waals surface area contributed by atoms with Crippen LogP contribution in [-0.2, 0) is 14.8 Å². The van der Waals surface area contributed by atoms with Gasteiger partial charge in [-0.2, -0.15) is 4.31 Å². The molecule has 1 fully saturated rings. The monoisotopic (exact) mass is 336 g/mol. The molecule has 0 radical (unpaired) electrons. The van der Waals surface area contributed by atoms with E-state index in [1.807, 2.05) is 0 Å². The Balaban J connectivity index is 2.43. The molecular weight excluding hydrogens is 324 g/mol. The molecule has 1 heterocycles. The number of morpholine rings is 1. The molecule has 0 aromatic heterocycles. The Labute approximate surface area is 126 Å². The molecule has 1 atom stereocenters. The van der Waals surface area contributed by atoms with Crippen molar-refractivity contribution in [3.63, 3.8) is 0 Å². The van der Waals surface area contributed by atoms with E-state index in [1.54, 1.807) is 0 Å². The number of ether oxygens (including phenoxy) is 1. The van der Waals surface area contributed by atoms with Gasteiger partial charge in [0.15, 0.2) is 0 Å². The van der Waals surface area contributed by atoms with Crippen LogP contribution in [-0.4, -0.2) is 55.2 Å². The van der Waals surface area contributed by atoms with Gasteiger partial charge in [-0.05, 0) is 12.1 Å². The molecule has 8 nitrogen and oxygen atoms in total. The lowest BCUT2D eigenvalue weighted by Crippen LogP contribution is -2.50. The van der Waals surface area contributed by atoms with Crippen LogP contribution in [0.15, 0.2) is 23.1 Å². The molecule has 10 heteroatoms. The van der Waals surface area contributed by atoms with Crippen molar-refractivity contribution in [1.29, 1.82) is 0 Å². The molecule has 0 amide bonds. The highest BCUT2D eigenvalue weighted by Crippen LogP contribution is 2.29. The third-order valence-electron chi connectivity index (χ3n) is 3.11. The number of sulfonamides is 1. The van der Waals surface area contributed by atoms with Crippen molar-refractivity contribution in [3.05, 3.63) is 33.3 Å². The summed E-state index contributed by atoms with van der Waals surface area (Å²) in [4.78, 5) is 9.87. The van der Waals surface area contributed by atoms with E-state index in [9.17, 15) is 23.6 Å². The fraction of sp³-hybridized carbons (Fsp3) is 0.455. The standard InChI is InChI=1S/C11H13ClN2O6S/c12-10-2-1-9(5-11(10)14(16)17)21(18,19)13-3-4-20-7-8(13)6-15/h1-2,5,8,15H,3-4,6-7H2. The Hall–Kier alpha value is -1.26. The minimum Gasteiger partial charge on any atom is -0.395 e. The predicted molar refractivity (Wildman–Crippen MR) is 73.7 cm³/mol. The second-order valence-electron chi connectivity index (χ2n) is 4.40. The molecule has 1 saturated heterocycles. The first-order valence-electron chi connectivity index (χ1n) is 6.02. The van der Waals surface area contributed by atoms with Crippen LogP contribution in [0, 0.1) is 10.1 Å². The number of halogens is 1. The van der Waals surface area contributed by atoms with Crippen LogP contribution in [0.3, 0.4) is 0 Å². The van der Waals surface area contributed by atoms with Crippen LogP contribution in [0.5, 0.6) is 0 Å². The normalized spacial score (nSPS) is 20.4. The Kier molecular flexibility index (Phi) is 4.79. The van der Waals surface area contributed by atoms with Gasteiger partial charge in [0.25, 0.3) is 5.69 Å². The SMILES string of the molecule is O=[N+]([O-])c1cc(S(=O)(=O)N2CCOCC2CO)ccc1Cl. The van der Waals surface area contributed by atoms with Crippen molar-refractivity contribution < 1.29 is 23.2 Å². The van der Waals surface area contributed by atoms with Crippen molar-refractivity contribution in [2.45, 2.75) is 10.9 Å². The Morgan fingerprint density at radius 1 is 1.52 bits per heavy atom. The van der Waals surface area contributed by atoms with E-state index in [2.05, 4.69) is 0 Å². The number of nitro groups is 1. The summed E-state index contributed by atoms with van der Waals surface area (Å²) in [6, 6.07) is 2.58. The molecule has 1 aliphatic rings. The van der Waals surface area contributed by atoms with Crippen molar-refractivity contribution in [2.24, 2.45) is 0 Å². The zero-order valence-corrected chi connectivity index (χ0v) is 12.4. The van der Waals surface area contributed by atoms with E-state index in [1.165, 1.54) is 12.1 Å². The van der Waals surface area contributed by atoms with Crippen LogP contribution < -0.4 is 0 Å². The van der Waals surface area contributed by atoms with Crippen LogP contribution in [0.2, 0.25) is 5.02 Å². The number of rotatable bonds is 4. The molecule has 1 unspecified atom stereocenters. The van der Waals surface area contributed by atoms with E-state index in [0.29, 0.717) is 0 Å². The Morgan fingerprint density at radius 3 is 2.86 bits per heavy atom. The number of aliphatic hydroxyl groups excluding tert-OH is 1. The van der Waals surface area contributed by atoms with Crippen LogP contribution in [0.25, 0.3) is 0 Å². The van der Waals surface area contributed by atoms with E-state index in [-0.39, 0.29) is 29.7 Å². The van der Waals surface area contributed by atoms with Gasteiger partial charge in [-0.15, -0.1) is 0 Å². The van der Waals surface area contributed by atoms with Gasteiger partial charge < -0.3 is 9.84 Å². The molecule has 1 N–H and O–H groups in total. The summed E-state index contributed by atoms with van der Waals surface area (Å²) in [6.07, 6.45) is 0. The fourth-order valence-corrected chi connectivity index (χ4v) is 3.82. The van der Waals surface area contributed by atoms with Gasteiger partial charge in [0.1, 0.15) is 5.02 Å². The molecule has 21 heavy (non-hydrogen) atoms. The largest absolute Gasteiger partial charge is 0.395 e. The van der Waals surface area contributed by atoms with Crippen LogP contribution in [0.4, 0.5) is 5.69 Å². The highest BCUT2D eigenvalue weighted by Gasteiger charge is 2.34. The molecular formula is C11H13ClN2O6S. The highest BCUT2D eigenvalue weighted by atomic mass is 35.5. The Morgan fingerprint density at radius 2 is 2.24 bits per heavy atom. The average molecular weight is 337 g/mol. The molecule has 116 valence electrons. The fourth-order valence-electron chi connectivity index (χ4n) is 2.03. The quantitative estimate of drug-likeness (QED) is 0.638. The van der Waals surface area contributed by atoms with Crippen LogP contribution in [0.1, 0.15) is 0 Å². The number of aliphatic hydroxyl groups is 1. The second-order valence-corrected chi connectivity index (χ2v) is 6.70. The first-order chi connectivity index (χ1) is 9.87. The topological polar surface area (TPSA) is 110 Å². The van der Waals surface area contributed by atoms with Gasteiger partial charge >= 0.3 is 0 Å². The summed E-state index contributed by atoms with van der Waals surface area (Å²) in [5.41, 5.74) is -0.480.